The lowest BCUT2D eigenvalue weighted by Crippen LogP contribution is -2.42. The average molecular weight is 256 g/mol. The summed E-state index contributed by atoms with van der Waals surface area (Å²) in [6.07, 6.45) is 5.25. The van der Waals surface area contributed by atoms with Crippen LogP contribution in [0.5, 0.6) is 0 Å². The Hall–Kier alpha value is -0.0800. The topological polar surface area (TPSA) is 15.3 Å². The van der Waals surface area contributed by atoms with E-state index in [0.717, 1.165) is 0 Å². The van der Waals surface area contributed by atoms with Gasteiger partial charge in [-0.15, -0.1) is 0 Å². The van der Waals surface area contributed by atoms with Gasteiger partial charge in [0.15, 0.2) is 0 Å². The van der Waals surface area contributed by atoms with Crippen LogP contribution in [0.25, 0.3) is 0 Å². The summed E-state index contributed by atoms with van der Waals surface area (Å²) in [4.78, 5) is 2.63. The molecule has 0 amide bonds. The van der Waals surface area contributed by atoms with E-state index in [0.29, 0.717) is 17.5 Å². The molecule has 0 aromatic heterocycles. The standard InChI is InChI=1S/C16H36N2/c1-8-9-10-12-18(14(2)3)13-11-15(17-7)16(4,5)6/h14-15,17H,8-13H2,1-7H3. The number of hydrogen-bond acceptors (Lipinski definition) is 2. The van der Waals surface area contributed by atoms with Gasteiger partial charge in [0.1, 0.15) is 0 Å². The molecular formula is C16H36N2. The molecule has 0 spiro atoms. The Morgan fingerprint density at radius 3 is 2.06 bits per heavy atom. The third-order valence-corrected chi connectivity index (χ3v) is 3.88. The van der Waals surface area contributed by atoms with Crippen LogP contribution < -0.4 is 5.32 Å². The van der Waals surface area contributed by atoms with Crippen molar-refractivity contribution >= 4 is 0 Å². The molecule has 1 unspecified atom stereocenters. The summed E-state index contributed by atoms with van der Waals surface area (Å²) in [6.45, 7) is 16.3. The van der Waals surface area contributed by atoms with Crippen molar-refractivity contribution in [3.05, 3.63) is 0 Å². The maximum atomic E-state index is 3.48. The Morgan fingerprint density at radius 2 is 1.67 bits per heavy atom. The van der Waals surface area contributed by atoms with Gasteiger partial charge in [0.2, 0.25) is 0 Å². The second-order valence-electron chi connectivity index (χ2n) is 6.83. The molecule has 0 saturated carbocycles. The fraction of sp³-hybridized carbons (Fsp3) is 1.00. The summed E-state index contributed by atoms with van der Waals surface area (Å²) in [5.41, 5.74) is 0.348. The molecule has 0 heterocycles. The average Bonchev–Trinajstić information content (AvgIpc) is 2.25. The first-order valence-electron chi connectivity index (χ1n) is 7.74. The smallest absolute Gasteiger partial charge is 0.0125 e. The molecule has 110 valence electrons. The zero-order valence-corrected chi connectivity index (χ0v) is 13.8. The van der Waals surface area contributed by atoms with E-state index >= 15 is 0 Å². The van der Waals surface area contributed by atoms with E-state index in [2.05, 4.69) is 58.8 Å². The maximum absolute atomic E-state index is 3.48. The predicted molar refractivity (Wildman–Crippen MR) is 83.2 cm³/mol. The van der Waals surface area contributed by atoms with Crippen molar-refractivity contribution in [1.82, 2.24) is 10.2 Å². The highest BCUT2D eigenvalue weighted by atomic mass is 15.1. The van der Waals surface area contributed by atoms with E-state index in [1.165, 1.54) is 38.8 Å². The third-order valence-electron chi connectivity index (χ3n) is 3.88. The lowest BCUT2D eigenvalue weighted by atomic mass is 9.84. The van der Waals surface area contributed by atoms with Crippen molar-refractivity contribution in [3.8, 4) is 0 Å². The molecule has 2 nitrogen and oxygen atoms in total. The van der Waals surface area contributed by atoms with E-state index in [1.54, 1.807) is 0 Å². The van der Waals surface area contributed by atoms with Crippen molar-refractivity contribution in [2.24, 2.45) is 5.41 Å². The zero-order valence-electron chi connectivity index (χ0n) is 13.8. The van der Waals surface area contributed by atoms with E-state index in [-0.39, 0.29) is 0 Å². The van der Waals surface area contributed by atoms with Crippen LogP contribution in [-0.4, -0.2) is 37.1 Å². The Bertz CT molecular complexity index is 194. The normalized spacial score (nSPS) is 14.5. The van der Waals surface area contributed by atoms with Crippen LogP contribution in [0.2, 0.25) is 0 Å². The van der Waals surface area contributed by atoms with Gasteiger partial charge < -0.3 is 10.2 Å². The van der Waals surface area contributed by atoms with E-state index < -0.39 is 0 Å². The molecule has 0 aliphatic rings. The molecule has 0 aliphatic heterocycles. The van der Waals surface area contributed by atoms with Gasteiger partial charge in [0.25, 0.3) is 0 Å². The van der Waals surface area contributed by atoms with Crippen molar-refractivity contribution in [2.75, 3.05) is 20.1 Å². The molecule has 0 radical (unpaired) electrons. The van der Waals surface area contributed by atoms with Gasteiger partial charge in [0.05, 0.1) is 0 Å². The molecular weight excluding hydrogens is 220 g/mol. The van der Waals surface area contributed by atoms with Crippen LogP contribution in [0.1, 0.15) is 67.2 Å². The highest BCUT2D eigenvalue weighted by Crippen LogP contribution is 2.22. The first-order chi connectivity index (χ1) is 8.32. The summed E-state index contributed by atoms with van der Waals surface area (Å²) >= 11 is 0. The van der Waals surface area contributed by atoms with Crippen LogP contribution >= 0.6 is 0 Å². The summed E-state index contributed by atoms with van der Waals surface area (Å²) < 4.78 is 0. The summed E-state index contributed by atoms with van der Waals surface area (Å²) in [5, 5.41) is 3.48. The number of rotatable bonds is 9. The van der Waals surface area contributed by atoms with Gasteiger partial charge in [-0.2, -0.15) is 0 Å². The highest BCUT2D eigenvalue weighted by molar-refractivity contribution is 4.80. The van der Waals surface area contributed by atoms with Gasteiger partial charge >= 0.3 is 0 Å². The molecule has 0 aromatic rings. The SMILES string of the molecule is CCCCCN(CCC(NC)C(C)(C)C)C(C)C. The van der Waals surface area contributed by atoms with Crippen LogP contribution in [-0.2, 0) is 0 Å². The predicted octanol–water partition coefficient (Wildman–Crippen LogP) is 3.91. The summed E-state index contributed by atoms with van der Waals surface area (Å²) in [5.74, 6) is 0. The van der Waals surface area contributed by atoms with Crippen molar-refractivity contribution < 1.29 is 0 Å². The molecule has 0 aliphatic carbocycles. The third kappa shape index (κ3) is 7.38. The van der Waals surface area contributed by atoms with Crippen molar-refractivity contribution in [2.45, 2.75) is 79.3 Å². The summed E-state index contributed by atoms with van der Waals surface area (Å²) in [6, 6.07) is 1.27. The minimum absolute atomic E-state index is 0.348. The Kier molecular flexibility index (Phi) is 8.89. The summed E-state index contributed by atoms with van der Waals surface area (Å²) in [7, 11) is 2.09. The van der Waals surface area contributed by atoms with Crippen molar-refractivity contribution in [1.29, 1.82) is 0 Å². The zero-order chi connectivity index (χ0) is 14.2. The fourth-order valence-corrected chi connectivity index (χ4v) is 2.50. The van der Waals surface area contributed by atoms with E-state index in [9.17, 15) is 0 Å². The molecule has 0 fully saturated rings. The van der Waals surface area contributed by atoms with E-state index in [1.807, 2.05) is 0 Å². The molecule has 2 heteroatoms. The van der Waals surface area contributed by atoms with Gasteiger partial charge in [-0.05, 0) is 52.2 Å². The monoisotopic (exact) mass is 256 g/mol. The molecule has 1 N–H and O–H groups in total. The number of unbranched alkanes of at least 4 members (excludes halogenated alkanes) is 2. The Labute approximate surface area is 116 Å². The highest BCUT2D eigenvalue weighted by Gasteiger charge is 2.23. The van der Waals surface area contributed by atoms with Crippen LogP contribution in [0, 0.1) is 5.41 Å². The van der Waals surface area contributed by atoms with Gasteiger partial charge in [0, 0.05) is 12.1 Å². The Balaban J connectivity index is 4.16. The lowest BCUT2D eigenvalue weighted by molar-refractivity contribution is 0.179. The lowest BCUT2D eigenvalue weighted by Gasteiger charge is -2.34. The Morgan fingerprint density at radius 1 is 1.06 bits per heavy atom. The number of hydrogen-bond donors (Lipinski definition) is 1. The van der Waals surface area contributed by atoms with E-state index in [4.69, 9.17) is 0 Å². The quantitative estimate of drug-likeness (QED) is 0.629. The largest absolute Gasteiger partial charge is 0.316 e. The molecule has 0 aromatic carbocycles. The van der Waals surface area contributed by atoms with Gasteiger partial charge in [-0.3, -0.25) is 0 Å². The number of nitrogens with one attached hydrogen (secondary N) is 1. The first-order valence-corrected chi connectivity index (χ1v) is 7.74. The van der Waals surface area contributed by atoms with Gasteiger partial charge in [-0.25, -0.2) is 0 Å². The number of nitrogens with zero attached hydrogens (tertiary/aromatic N) is 1. The second-order valence-corrected chi connectivity index (χ2v) is 6.83. The molecule has 0 saturated heterocycles. The maximum Gasteiger partial charge on any atom is 0.0125 e. The molecule has 18 heavy (non-hydrogen) atoms. The van der Waals surface area contributed by atoms with Crippen LogP contribution in [0.4, 0.5) is 0 Å². The van der Waals surface area contributed by atoms with Gasteiger partial charge in [-0.1, -0.05) is 40.5 Å². The first kappa shape index (κ1) is 17.9. The van der Waals surface area contributed by atoms with Crippen LogP contribution in [0.15, 0.2) is 0 Å². The molecule has 0 bridgehead atoms. The fourth-order valence-electron chi connectivity index (χ4n) is 2.50. The van der Waals surface area contributed by atoms with Crippen LogP contribution in [0.3, 0.4) is 0 Å². The minimum atomic E-state index is 0.348. The molecule has 0 rings (SSSR count). The molecule has 1 atom stereocenters. The second kappa shape index (κ2) is 8.92. The van der Waals surface area contributed by atoms with Crippen molar-refractivity contribution in [3.63, 3.8) is 0 Å². The minimum Gasteiger partial charge on any atom is -0.316 e.